The van der Waals surface area contributed by atoms with Gasteiger partial charge in [-0.25, -0.2) is 0 Å². The molecule has 1 aromatic heterocycles. The van der Waals surface area contributed by atoms with E-state index < -0.39 is 0 Å². The Morgan fingerprint density at radius 1 is 1.46 bits per heavy atom. The van der Waals surface area contributed by atoms with Gasteiger partial charge in [-0.2, -0.15) is 0 Å². The van der Waals surface area contributed by atoms with Crippen LogP contribution in [0.25, 0.3) is 10.1 Å². The predicted molar refractivity (Wildman–Crippen MR) is 71.3 cm³/mol. The van der Waals surface area contributed by atoms with E-state index in [0.717, 1.165) is 4.34 Å². The van der Waals surface area contributed by atoms with Gasteiger partial charge in [0.25, 0.3) is 0 Å². The van der Waals surface area contributed by atoms with Gasteiger partial charge < -0.3 is 0 Å². The number of benzene rings is 1. The smallest absolute Gasteiger partial charge is 0.107 e. The molecule has 0 nitrogen and oxygen atoms in total. The van der Waals surface area contributed by atoms with E-state index in [1.165, 1.54) is 18.6 Å². The van der Waals surface area contributed by atoms with E-state index in [9.17, 15) is 0 Å². The molecule has 0 aliphatic rings. The van der Waals surface area contributed by atoms with Crippen LogP contribution in [0, 0.1) is 3.57 Å². The second kappa shape index (κ2) is 3.96. The standard InChI is InChI=1S/C9H6ClIS2/c1-12-5-3-2-4-6-7(5)8(11)9(10)13-6/h2-4H,1H3. The normalized spacial score (nSPS) is 11.0. The number of hydrogen-bond acceptors (Lipinski definition) is 2. The van der Waals surface area contributed by atoms with E-state index in [1.807, 2.05) is 0 Å². The van der Waals surface area contributed by atoms with E-state index >= 15 is 0 Å². The molecular weight excluding hydrogens is 335 g/mol. The number of halogens is 2. The van der Waals surface area contributed by atoms with Crippen molar-refractivity contribution in [2.75, 3.05) is 6.26 Å². The highest BCUT2D eigenvalue weighted by atomic mass is 127. The Bertz CT molecular complexity index is 450. The average molecular weight is 341 g/mol. The highest BCUT2D eigenvalue weighted by molar-refractivity contribution is 14.1. The van der Waals surface area contributed by atoms with E-state index in [2.05, 4.69) is 47.0 Å². The summed E-state index contributed by atoms with van der Waals surface area (Å²) < 4.78 is 3.36. The van der Waals surface area contributed by atoms with Crippen molar-refractivity contribution in [2.24, 2.45) is 0 Å². The molecule has 13 heavy (non-hydrogen) atoms. The summed E-state index contributed by atoms with van der Waals surface area (Å²) >= 11 is 11.8. The molecule has 0 amide bonds. The molecule has 1 heterocycles. The van der Waals surface area contributed by atoms with E-state index in [4.69, 9.17) is 11.6 Å². The largest absolute Gasteiger partial charge is 0.129 e. The molecule has 2 aromatic rings. The summed E-state index contributed by atoms with van der Waals surface area (Å²) in [4.78, 5) is 1.31. The predicted octanol–water partition coefficient (Wildman–Crippen LogP) is 4.88. The summed E-state index contributed by atoms with van der Waals surface area (Å²) in [6, 6.07) is 6.34. The Morgan fingerprint density at radius 2 is 2.23 bits per heavy atom. The Kier molecular flexibility index (Phi) is 3.07. The summed E-state index contributed by atoms with van der Waals surface area (Å²) in [7, 11) is 0. The molecule has 0 saturated carbocycles. The van der Waals surface area contributed by atoms with Crippen LogP contribution in [-0.4, -0.2) is 6.26 Å². The number of thiophene rings is 1. The van der Waals surface area contributed by atoms with Crippen LogP contribution in [-0.2, 0) is 0 Å². The highest BCUT2D eigenvalue weighted by Crippen LogP contribution is 2.40. The van der Waals surface area contributed by atoms with Gasteiger partial charge in [0.1, 0.15) is 4.34 Å². The third kappa shape index (κ3) is 1.71. The summed E-state index contributed by atoms with van der Waals surface area (Å²) in [6.07, 6.45) is 2.09. The van der Waals surface area contributed by atoms with Crippen molar-refractivity contribution in [3.63, 3.8) is 0 Å². The molecule has 68 valence electrons. The van der Waals surface area contributed by atoms with Crippen molar-refractivity contribution in [2.45, 2.75) is 4.90 Å². The fourth-order valence-corrected chi connectivity index (χ4v) is 4.38. The molecule has 0 fully saturated rings. The molecule has 0 radical (unpaired) electrons. The monoisotopic (exact) mass is 340 g/mol. The van der Waals surface area contributed by atoms with Gasteiger partial charge in [0.15, 0.2) is 0 Å². The number of hydrogen-bond donors (Lipinski definition) is 0. The zero-order valence-electron chi connectivity index (χ0n) is 6.80. The Morgan fingerprint density at radius 3 is 2.92 bits per heavy atom. The molecule has 0 bridgehead atoms. The fourth-order valence-electron chi connectivity index (χ4n) is 1.22. The van der Waals surface area contributed by atoms with Gasteiger partial charge in [-0.15, -0.1) is 23.1 Å². The van der Waals surface area contributed by atoms with Crippen molar-refractivity contribution in [1.82, 2.24) is 0 Å². The van der Waals surface area contributed by atoms with Crippen LogP contribution < -0.4 is 0 Å². The second-order valence-electron chi connectivity index (χ2n) is 2.52. The van der Waals surface area contributed by atoms with Crippen molar-refractivity contribution in [1.29, 1.82) is 0 Å². The van der Waals surface area contributed by atoms with E-state index in [0.29, 0.717) is 0 Å². The summed E-state index contributed by atoms with van der Waals surface area (Å²) in [5.74, 6) is 0. The number of fused-ring (bicyclic) bond motifs is 1. The molecule has 0 saturated heterocycles. The summed E-state index contributed by atoms with van der Waals surface area (Å²) in [5.41, 5.74) is 0. The first kappa shape index (κ1) is 10.1. The molecule has 4 heteroatoms. The Balaban J connectivity index is 2.87. The Hall–Kier alpha value is 0.550. The molecule has 2 rings (SSSR count). The Labute approximate surface area is 104 Å². The van der Waals surface area contributed by atoms with Gasteiger partial charge in [0.2, 0.25) is 0 Å². The maximum absolute atomic E-state index is 6.08. The van der Waals surface area contributed by atoms with E-state index in [-0.39, 0.29) is 0 Å². The van der Waals surface area contributed by atoms with Gasteiger partial charge in [0.05, 0.1) is 3.57 Å². The van der Waals surface area contributed by atoms with Crippen LogP contribution in [0.1, 0.15) is 0 Å². The van der Waals surface area contributed by atoms with Crippen molar-refractivity contribution < 1.29 is 0 Å². The minimum Gasteiger partial charge on any atom is -0.129 e. The highest BCUT2D eigenvalue weighted by Gasteiger charge is 2.10. The van der Waals surface area contributed by atoms with Crippen molar-refractivity contribution >= 4 is 67.4 Å². The first-order chi connectivity index (χ1) is 6.24. The third-order valence-electron chi connectivity index (χ3n) is 1.80. The molecule has 1 aromatic carbocycles. The van der Waals surface area contributed by atoms with Crippen LogP contribution >= 0.6 is 57.3 Å². The molecule has 0 unspecified atom stereocenters. The molecule has 0 spiro atoms. The van der Waals surface area contributed by atoms with Gasteiger partial charge in [-0.3, -0.25) is 0 Å². The molecule has 0 atom stereocenters. The topological polar surface area (TPSA) is 0 Å². The van der Waals surface area contributed by atoms with Gasteiger partial charge in [0, 0.05) is 15.0 Å². The van der Waals surface area contributed by atoms with Crippen molar-refractivity contribution in [3.05, 3.63) is 26.1 Å². The number of thioether (sulfide) groups is 1. The van der Waals surface area contributed by atoms with Crippen molar-refractivity contribution in [3.8, 4) is 0 Å². The zero-order valence-corrected chi connectivity index (χ0v) is 11.4. The maximum Gasteiger partial charge on any atom is 0.107 e. The van der Waals surface area contributed by atoms with Crippen LogP contribution in [0.2, 0.25) is 4.34 Å². The molecule has 0 aliphatic heterocycles. The van der Waals surface area contributed by atoms with Crippen LogP contribution in [0.5, 0.6) is 0 Å². The molecular formula is C9H6ClIS2. The van der Waals surface area contributed by atoms with Crippen LogP contribution in [0.4, 0.5) is 0 Å². The lowest BCUT2D eigenvalue weighted by atomic mass is 10.3. The van der Waals surface area contributed by atoms with Crippen LogP contribution in [0.3, 0.4) is 0 Å². The van der Waals surface area contributed by atoms with E-state index in [1.54, 1.807) is 23.1 Å². The maximum atomic E-state index is 6.08. The lowest BCUT2D eigenvalue weighted by Crippen LogP contribution is -1.73. The SMILES string of the molecule is CSc1cccc2sc(Cl)c(I)c12. The molecule has 0 N–H and O–H groups in total. The lowest BCUT2D eigenvalue weighted by Gasteiger charge is -1.98. The third-order valence-corrected chi connectivity index (χ3v) is 5.71. The first-order valence-electron chi connectivity index (χ1n) is 3.64. The first-order valence-corrected chi connectivity index (χ1v) is 7.14. The minimum absolute atomic E-state index is 0.900. The summed E-state index contributed by atoms with van der Waals surface area (Å²) in [5, 5.41) is 1.31. The second-order valence-corrected chi connectivity index (χ2v) is 6.10. The number of rotatable bonds is 1. The van der Waals surface area contributed by atoms with Gasteiger partial charge >= 0.3 is 0 Å². The van der Waals surface area contributed by atoms with Gasteiger partial charge in [-0.05, 0) is 41.0 Å². The van der Waals surface area contributed by atoms with Gasteiger partial charge in [-0.1, -0.05) is 17.7 Å². The molecule has 0 aliphatic carbocycles. The van der Waals surface area contributed by atoms with Crippen LogP contribution in [0.15, 0.2) is 23.1 Å². The average Bonchev–Trinajstić information content (AvgIpc) is 2.43. The lowest BCUT2D eigenvalue weighted by molar-refractivity contribution is 1.57. The minimum atomic E-state index is 0.900. The zero-order chi connectivity index (χ0) is 9.42. The summed E-state index contributed by atoms with van der Waals surface area (Å²) in [6.45, 7) is 0. The quantitative estimate of drug-likeness (QED) is 0.526. The fraction of sp³-hybridized carbons (Fsp3) is 0.111.